The molecule has 0 aliphatic rings. The smallest absolute Gasteiger partial charge is 0.328 e. The SMILES string of the molecule is COC(=O)[C@H](CC(C)C)NC(=O)c1ccc2c(=O)[nH]c(=S)[nH]c2c1. The third kappa shape index (κ3) is 4.08. The minimum Gasteiger partial charge on any atom is -0.467 e. The molecule has 1 aromatic heterocycles. The highest BCUT2D eigenvalue weighted by Gasteiger charge is 2.23. The standard InChI is InChI=1S/C16H19N3O4S/c1-8(2)6-12(15(22)23-3)17-13(20)9-4-5-10-11(7-9)18-16(24)19-14(10)21/h4-5,7-8,12H,6H2,1-3H3,(H,17,20)(H2,18,19,21,24)/t12-/m0/s1. The number of hydrogen-bond acceptors (Lipinski definition) is 5. The maximum Gasteiger partial charge on any atom is 0.328 e. The highest BCUT2D eigenvalue weighted by molar-refractivity contribution is 7.71. The third-order valence-corrected chi connectivity index (χ3v) is 3.70. The lowest BCUT2D eigenvalue weighted by atomic mass is 10.0. The molecular weight excluding hydrogens is 330 g/mol. The number of carbonyl (C=O) groups is 2. The quantitative estimate of drug-likeness (QED) is 0.565. The minimum atomic E-state index is -0.726. The van der Waals surface area contributed by atoms with Gasteiger partial charge in [-0.25, -0.2) is 4.79 Å². The van der Waals surface area contributed by atoms with E-state index in [1.807, 2.05) is 13.8 Å². The first-order chi connectivity index (χ1) is 11.3. The molecule has 128 valence electrons. The summed E-state index contributed by atoms with van der Waals surface area (Å²) < 4.78 is 4.91. The van der Waals surface area contributed by atoms with Gasteiger partial charge in [-0.1, -0.05) is 13.8 Å². The van der Waals surface area contributed by atoms with Gasteiger partial charge in [-0.15, -0.1) is 0 Å². The molecule has 24 heavy (non-hydrogen) atoms. The summed E-state index contributed by atoms with van der Waals surface area (Å²) in [5, 5.41) is 3.07. The fourth-order valence-corrected chi connectivity index (χ4v) is 2.58. The Labute approximate surface area is 143 Å². The van der Waals surface area contributed by atoms with Gasteiger partial charge >= 0.3 is 5.97 Å². The molecule has 0 fully saturated rings. The van der Waals surface area contributed by atoms with Gasteiger partial charge in [-0.3, -0.25) is 14.6 Å². The molecule has 0 radical (unpaired) electrons. The maximum absolute atomic E-state index is 12.4. The van der Waals surface area contributed by atoms with E-state index in [2.05, 4.69) is 15.3 Å². The first-order valence-corrected chi connectivity index (χ1v) is 7.87. The fourth-order valence-electron chi connectivity index (χ4n) is 2.38. The van der Waals surface area contributed by atoms with Crippen molar-refractivity contribution < 1.29 is 14.3 Å². The van der Waals surface area contributed by atoms with Gasteiger partial charge in [0.05, 0.1) is 18.0 Å². The Kier molecular flexibility index (Phi) is 5.50. The second kappa shape index (κ2) is 7.39. The fraction of sp³-hybridized carbons (Fsp3) is 0.375. The summed E-state index contributed by atoms with van der Waals surface area (Å²) in [6.07, 6.45) is 0.466. The van der Waals surface area contributed by atoms with Crippen molar-refractivity contribution >= 4 is 35.0 Å². The van der Waals surface area contributed by atoms with Crippen LogP contribution >= 0.6 is 12.2 Å². The molecule has 1 heterocycles. The zero-order valence-electron chi connectivity index (χ0n) is 13.6. The number of ether oxygens (including phenoxy) is 1. The molecule has 0 aliphatic carbocycles. The Morgan fingerprint density at radius 3 is 2.62 bits per heavy atom. The summed E-state index contributed by atoms with van der Waals surface area (Å²) in [5.74, 6) is -0.707. The number of esters is 1. The van der Waals surface area contributed by atoms with Gasteiger partial charge in [-0.2, -0.15) is 0 Å². The highest BCUT2D eigenvalue weighted by Crippen LogP contribution is 2.12. The van der Waals surface area contributed by atoms with E-state index in [9.17, 15) is 14.4 Å². The van der Waals surface area contributed by atoms with E-state index in [0.29, 0.717) is 22.9 Å². The molecular formula is C16H19N3O4S. The lowest BCUT2D eigenvalue weighted by Crippen LogP contribution is -2.42. The van der Waals surface area contributed by atoms with Gasteiger partial charge in [0.15, 0.2) is 4.77 Å². The van der Waals surface area contributed by atoms with Crippen molar-refractivity contribution in [1.82, 2.24) is 15.3 Å². The summed E-state index contributed by atoms with van der Waals surface area (Å²) in [4.78, 5) is 41.4. The Balaban J connectivity index is 2.31. The normalized spacial score (nSPS) is 12.2. The summed E-state index contributed by atoms with van der Waals surface area (Å²) in [7, 11) is 1.28. The molecule has 8 heteroatoms. The Bertz CT molecular complexity index is 885. The van der Waals surface area contributed by atoms with E-state index in [-0.39, 0.29) is 16.2 Å². The van der Waals surface area contributed by atoms with Crippen LogP contribution in [-0.4, -0.2) is 35.0 Å². The summed E-state index contributed by atoms with van der Waals surface area (Å²) in [5.41, 5.74) is 0.444. The van der Waals surface area contributed by atoms with E-state index >= 15 is 0 Å². The number of hydrogen-bond donors (Lipinski definition) is 3. The molecule has 1 aromatic carbocycles. The first-order valence-electron chi connectivity index (χ1n) is 7.47. The number of carbonyl (C=O) groups excluding carboxylic acids is 2. The molecule has 0 spiro atoms. The van der Waals surface area contributed by atoms with Crippen molar-refractivity contribution in [3.8, 4) is 0 Å². The van der Waals surface area contributed by atoms with E-state index in [1.165, 1.54) is 25.3 Å². The number of methoxy groups -OCH3 is 1. The predicted molar refractivity (Wildman–Crippen MR) is 92.5 cm³/mol. The Hall–Kier alpha value is -2.48. The number of amides is 1. The van der Waals surface area contributed by atoms with E-state index in [1.54, 1.807) is 0 Å². The second-order valence-electron chi connectivity index (χ2n) is 5.85. The van der Waals surface area contributed by atoms with Crippen molar-refractivity contribution in [2.24, 2.45) is 5.92 Å². The Morgan fingerprint density at radius 1 is 1.29 bits per heavy atom. The average molecular weight is 349 g/mol. The van der Waals surface area contributed by atoms with Crippen molar-refractivity contribution in [2.75, 3.05) is 7.11 Å². The summed E-state index contributed by atoms with van der Waals surface area (Å²) in [6, 6.07) is 3.85. The van der Waals surface area contributed by atoms with Gasteiger partial charge < -0.3 is 15.0 Å². The molecule has 1 amide bonds. The number of benzene rings is 1. The van der Waals surface area contributed by atoms with Crippen LogP contribution in [0.5, 0.6) is 0 Å². The van der Waals surface area contributed by atoms with E-state index in [4.69, 9.17) is 17.0 Å². The molecule has 0 bridgehead atoms. The van der Waals surface area contributed by atoms with Crippen LogP contribution in [0.4, 0.5) is 0 Å². The van der Waals surface area contributed by atoms with Crippen LogP contribution in [0.15, 0.2) is 23.0 Å². The number of H-pyrrole nitrogens is 2. The van der Waals surface area contributed by atoms with E-state index in [0.717, 1.165) is 0 Å². The minimum absolute atomic E-state index is 0.178. The lowest BCUT2D eigenvalue weighted by molar-refractivity contribution is -0.143. The molecule has 1 atom stereocenters. The van der Waals surface area contributed by atoms with Crippen LogP contribution < -0.4 is 10.9 Å². The molecule has 2 aromatic rings. The first kappa shape index (κ1) is 17.9. The highest BCUT2D eigenvalue weighted by atomic mass is 32.1. The van der Waals surface area contributed by atoms with Crippen LogP contribution in [0, 0.1) is 10.7 Å². The summed E-state index contributed by atoms with van der Waals surface area (Å²) in [6.45, 7) is 3.90. The number of rotatable bonds is 5. The van der Waals surface area contributed by atoms with E-state index < -0.39 is 17.9 Å². The third-order valence-electron chi connectivity index (χ3n) is 3.50. The molecule has 0 saturated carbocycles. The van der Waals surface area contributed by atoms with Crippen molar-refractivity contribution in [3.63, 3.8) is 0 Å². The summed E-state index contributed by atoms with van der Waals surface area (Å²) >= 11 is 4.93. The number of fused-ring (bicyclic) bond motifs is 1. The van der Waals surface area contributed by atoms with Crippen LogP contribution in [0.25, 0.3) is 10.9 Å². The van der Waals surface area contributed by atoms with Crippen LogP contribution in [0.3, 0.4) is 0 Å². The molecule has 0 aliphatic heterocycles. The topological polar surface area (TPSA) is 104 Å². The second-order valence-corrected chi connectivity index (χ2v) is 6.26. The van der Waals surface area contributed by atoms with Gasteiger partial charge in [-0.05, 0) is 42.8 Å². The maximum atomic E-state index is 12.4. The van der Waals surface area contributed by atoms with Crippen molar-refractivity contribution in [1.29, 1.82) is 0 Å². The predicted octanol–water partition coefficient (Wildman–Crippen LogP) is 1.90. The zero-order chi connectivity index (χ0) is 17.9. The number of nitrogens with one attached hydrogen (secondary N) is 3. The van der Waals surface area contributed by atoms with Crippen LogP contribution in [-0.2, 0) is 9.53 Å². The largest absolute Gasteiger partial charge is 0.467 e. The van der Waals surface area contributed by atoms with Gasteiger partial charge in [0.2, 0.25) is 0 Å². The van der Waals surface area contributed by atoms with Gasteiger partial charge in [0.1, 0.15) is 6.04 Å². The van der Waals surface area contributed by atoms with Gasteiger partial charge in [0.25, 0.3) is 11.5 Å². The van der Waals surface area contributed by atoms with Crippen LogP contribution in [0.2, 0.25) is 0 Å². The average Bonchev–Trinajstić information content (AvgIpc) is 2.52. The molecule has 7 nitrogen and oxygen atoms in total. The van der Waals surface area contributed by atoms with Crippen LogP contribution in [0.1, 0.15) is 30.6 Å². The van der Waals surface area contributed by atoms with Crippen molar-refractivity contribution in [2.45, 2.75) is 26.3 Å². The Morgan fingerprint density at radius 2 is 2.00 bits per heavy atom. The lowest BCUT2D eigenvalue weighted by Gasteiger charge is -2.18. The van der Waals surface area contributed by atoms with Gasteiger partial charge in [0, 0.05) is 5.56 Å². The zero-order valence-corrected chi connectivity index (χ0v) is 14.5. The van der Waals surface area contributed by atoms with Crippen molar-refractivity contribution in [3.05, 3.63) is 38.9 Å². The molecule has 3 N–H and O–H groups in total. The molecule has 0 saturated heterocycles. The molecule has 2 rings (SSSR count). The number of aromatic nitrogens is 2. The number of aromatic amines is 2. The monoisotopic (exact) mass is 349 g/mol. The molecule has 0 unspecified atom stereocenters.